The van der Waals surface area contributed by atoms with E-state index in [0.717, 1.165) is 31.4 Å². The second kappa shape index (κ2) is 10.3. The number of para-hydroxylation sites is 1. The second-order valence-electron chi connectivity index (χ2n) is 9.78. The smallest absolute Gasteiger partial charge is 0.337 e. The van der Waals surface area contributed by atoms with Crippen LogP contribution in [0.5, 0.6) is 0 Å². The Morgan fingerprint density at radius 1 is 1.03 bits per heavy atom. The molecule has 6 nitrogen and oxygen atoms in total. The number of hydrogen-bond donors (Lipinski definition) is 3. The summed E-state index contributed by atoms with van der Waals surface area (Å²) < 4.78 is 40.8. The topological polar surface area (TPSA) is 84.2 Å². The molecule has 1 unspecified atom stereocenters. The Hall–Kier alpha value is -2.62. The Morgan fingerprint density at radius 2 is 1.73 bits per heavy atom. The van der Waals surface area contributed by atoms with Crippen LogP contribution in [-0.4, -0.2) is 44.1 Å². The lowest BCUT2D eigenvalue weighted by Gasteiger charge is -2.46. The first kappa shape index (κ1) is 26.0. The van der Waals surface area contributed by atoms with E-state index >= 15 is 4.39 Å². The molecular weight excluding hydrogens is 515 g/mol. The van der Waals surface area contributed by atoms with Crippen molar-refractivity contribution in [3.8, 4) is 11.1 Å². The minimum Gasteiger partial charge on any atom is -0.478 e. The summed E-state index contributed by atoms with van der Waals surface area (Å²) in [7, 11) is -1.76. The summed E-state index contributed by atoms with van der Waals surface area (Å²) in [5.41, 5.74) is 1.45. The van der Waals surface area contributed by atoms with Crippen LogP contribution in [0, 0.1) is 11.7 Å². The lowest BCUT2D eigenvalue weighted by Crippen LogP contribution is -2.45. The Balaban J connectivity index is 1.69. The van der Waals surface area contributed by atoms with Crippen molar-refractivity contribution in [3.05, 3.63) is 77.1 Å². The first-order valence-electron chi connectivity index (χ1n) is 12.4. The van der Waals surface area contributed by atoms with E-state index in [1.807, 2.05) is 35.2 Å². The number of hydrogen-bond acceptors (Lipinski definition) is 5. The molecule has 1 atom stereocenters. The van der Waals surface area contributed by atoms with Crippen LogP contribution in [0.2, 0.25) is 5.02 Å². The predicted molar refractivity (Wildman–Crippen MR) is 146 cm³/mol. The molecule has 0 spiro atoms. The van der Waals surface area contributed by atoms with E-state index in [0.29, 0.717) is 17.8 Å². The van der Waals surface area contributed by atoms with Crippen molar-refractivity contribution < 1.29 is 23.4 Å². The monoisotopic (exact) mass is 544 g/mol. The van der Waals surface area contributed by atoms with Crippen molar-refractivity contribution in [1.29, 1.82) is 0 Å². The van der Waals surface area contributed by atoms with Gasteiger partial charge < -0.3 is 10.0 Å². The van der Waals surface area contributed by atoms with Crippen molar-refractivity contribution in [2.45, 2.75) is 43.0 Å². The molecule has 3 aromatic rings. The number of fused-ring (bicyclic) bond motifs is 1. The number of halogens is 2. The normalized spacial score (nSPS) is 21.2. The Bertz CT molecular complexity index is 1320. The Kier molecular flexibility index (Phi) is 7.22. The molecule has 0 aromatic heterocycles. The van der Waals surface area contributed by atoms with Gasteiger partial charge in [-0.2, -0.15) is 4.31 Å². The molecule has 2 aliphatic rings. The van der Waals surface area contributed by atoms with Crippen LogP contribution >= 0.6 is 22.4 Å². The molecule has 3 N–H and O–H groups in total. The largest absolute Gasteiger partial charge is 0.478 e. The Labute approximate surface area is 222 Å². The molecule has 1 saturated carbocycles. The first-order chi connectivity index (χ1) is 17.7. The number of likely N-dealkylation sites (N-methyl/N-ethyl adjacent to an activating group) is 1. The van der Waals surface area contributed by atoms with Gasteiger partial charge >= 0.3 is 5.97 Å². The molecule has 1 fully saturated rings. The van der Waals surface area contributed by atoms with E-state index in [2.05, 4.69) is 0 Å². The summed E-state index contributed by atoms with van der Waals surface area (Å²) in [6.07, 6.45) is 5.40. The van der Waals surface area contributed by atoms with Crippen LogP contribution in [0.1, 0.15) is 42.5 Å². The quantitative estimate of drug-likeness (QED) is 0.309. The highest BCUT2D eigenvalue weighted by Crippen LogP contribution is 2.60. The fourth-order valence-corrected chi connectivity index (χ4v) is 7.46. The maximum absolute atomic E-state index is 15.7. The third-order valence-corrected chi connectivity index (χ3v) is 9.96. The zero-order valence-corrected chi connectivity index (χ0v) is 22.1. The van der Waals surface area contributed by atoms with Crippen LogP contribution in [-0.2, 0) is 0 Å². The molecule has 0 saturated heterocycles. The van der Waals surface area contributed by atoms with E-state index in [9.17, 15) is 19.0 Å². The highest BCUT2D eigenvalue weighted by molar-refractivity contribution is 8.22. The number of anilines is 2. The molecule has 1 heterocycles. The van der Waals surface area contributed by atoms with Gasteiger partial charge in [0.2, 0.25) is 0 Å². The number of benzene rings is 3. The van der Waals surface area contributed by atoms with Crippen molar-refractivity contribution >= 4 is 39.7 Å². The van der Waals surface area contributed by atoms with Gasteiger partial charge in [0.25, 0.3) is 0 Å². The number of nitrogens with zero attached hydrogens (tertiary/aromatic N) is 2. The minimum absolute atomic E-state index is 0.0426. The lowest BCUT2D eigenvalue weighted by atomic mass is 9.83. The van der Waals surface area contributed by atoms with Crippen molar-refractivity contribution in [2.24, 2.45) is 5.92 Å². The average Bonchev–Trinajstić information content (AvgIpc) is 2.97. The van der Waals surface area contributed by atoms with Crippen molar-refractivity contribution in [1.82, 2.24) is 4.31 Å². The van der Waals surface area contributed by atoms with E-state index in [4.69, 9.17) is 11.6 Å². The highest BCUT2D eigenvalue weighted by Gasteiger charge is 2.41. The summed E-state index contributed by atoms with van der Waals surface area (Å²) in [5.74, 6) is -1.53. The van der Waals surface area contributed by atoms with Crippen LogP contribution in [0.25, 0.3) is 11.1 Å². The van der Waals surface area contributed by atoms with E-state index in [-0.39, 0.29) is 33.0 Å². The SMILES string of the molecule is CN1C(C2CCCCC2)CN(c2ccccc2)c2cc(F)c(-c3ccc(Cl)c(C(=O)O)c3)cc2S1(O)O. The number of rotatable bonds is 4. The summed E-state index contributed by atoms with van der Waals surface area (Å²) in [5, 5.41) is 9.54. The first-order valence-corrected chi connectivity index (χ1v) is 14.3. The number of carboxylic acid groups (broad SMARTS) is 1. The molecule has 0 radical (unpaired) electrons. The molecule has 3 aromatic carbocycles. The van der Waals surface area contributed by atoms with Gasteiger partial charge in [-0.05, 0) is 54.7 Å². The van der Waals surface area contributed by atoms with Gasteiger partial charge in [-0.15, -0.1) is 10.8 Å². The summed E-state index contributed by atoms with van der Waals surface area (Å²) in [4.78, 5) is 13.8. The highest BCUT2D eigenvalue weighted by atomic mass is 35.5. The fourth-order valence-electron chi connectivity index (χ4n) is 5.61. The van der Waals surface area contributed by atoms with Gasteiger partial charge in [0.05, 0.1) is 21.2 Å². The van der Waals surface area contributed by atoms with Crippen molar-refractivity contribution in [2.75, 3.05) is 18.5 Å². The van der Waals surface area contributed by atoms with Gasteiger partial charge in [0.1, 0.15) is 5.82 Å². The number of aromatic carboxylic acids is 1. The van der Waals surface area contributed by atoms with Gasteiger partial charge in [-0.3, -0.25) is 9.11 Å². The van der Waals surface area contributed by atoms with Crippen LogP contribution in [0.15, 0.2) is 65.6 Å². The lowest BCUT2D eigenvalue weighted by molar-refractivity contribution is 0.0697. The predicted octanol–water partition coefficient (Wildman–Crippen LogP) is 7.90. The van der Waals surface area contributed by atoms with Crippen LogP contribution < -0.4 is 4.90 Å². The molecule has 1 aliphatic carbocycles. The summed E-state index contributed by atoms with van der Waals surface area (Å²) >= 11 is 6.03. The summed E-state index contributed by atoms with van der Waals surface area (Å²) in [6, 6.07) is 16.5. The van der Waals surface area contributed by atoms with Gasteiger partial charge in [0, 0.05) is 37.0 Å². The van der Waals surface area contributed by atoms with Crippen molar-refractivity contribution in [3.63, 3.8) is 0 Å². The molecule has 9 heteroatoms. The average molecular weight is 545 g/mol. The molecular formula is C28H30ClFN2O4S. The van der Waals surface area contributed by atoms with E-state index < -0.39 is 22.6 Å². The van der Waals surface area contributed by atoms with Gasteiger partial charge in [-0.1, -0.05) is 55.1 Å². The maximum Gasteiger partial charge on any atom is 0.337 e. The van der Waals surface area contributed by atoms with Crippen LogP contribution in [0.3, 0.4) is 0 Å². The number of carbonyl (C=O) groups is 1. The maximum atomic E-state index is 15.7. The molecule has 37 heavy (non-hydrogen) atoms. The van der Waals surface area contributed by atoms with Gasteiger partial charge in [0.15, 0.2) is 0 Å². The summed E-state index contributed by atoms with van der Waals surface area (Å²) in [6.45, 7) is 0.483. The number of carboxylic acids is 1. The third-order valence-electron chi connectivity index (χ3n) is 7.64. The zero-order valence-electron chi connectivity index (χ0n) is 20.5. The molecule has 196 valence electrons. The Morgan fingerprint density at radius 3 is 2.41 bits per heavy atom. The van der Waals surface area contributed by atoms with Crippen LogP contribution in [0.4, 0.5) is 15.8 Å². The molecule has 0 amide bonds. The molecule has 0 bridgehead atoms. The van der Waals surface area contributed by atoms with Gasteiger partial charge in [-0.25, -0.2) is 9.18 Å². The molecule has 5 rings (SSSR count). The second-order valence-corrected chi connectivity index (χ2v) is 12.2. The standard InChI is InChI=1S/C28H30ClFN2O4S/c1-31-26(18-8-4-2-5-9-18)17-32(20-10-6-3-7-11-20)25-16-24(30)21(15-27(25)37(31,35)36)19-12-13-23(29)22(14-19)28(33)34/h3,6-7,10-16,18,26,35-36H,2,4-5,8-9,17H2,1H3,(H,33,34). The minimum atomic E-state index is -3.50. The molecule has 1 aliphatic heterocycles. The van der Waals surface area contributed by atoms with E-state index in [1.54, 1.807) is 11.4 Å². The zero-order chi connectivity index (χ0) is 26.3. The fraction of sp³-hybridized carbons (Fsp3) is 0.321. The van der Waals surface area contributed by atoms with E-state index in [1.165, 1.54) is 36.8 Å². The third kappa shape index (κ3) is 4.84.